The Balaban J connectivity index is 1.99. The highest BCUT2D eigenvalue weighted by atomic mass is 35.5. The smallest absolute Gasteiger partial charge is 0.137 e. The number of likely N-dealkylation sites (tertiary alicyclic amines) is 1. The summed E-state index contributed by atoms with van der Waals surface area (Å²) in [5.41, 5.74) is -0.0998. The number of nitrogens with zero attached hydrogens (tertiary/aromatic N) is 3. The lowest BCUT2D eigenvalue weighted by molar-refractivity contribution is 0.223. The number of piperidine rings is 1. The predicted molar refractivity (Wildman–Crippen MR) is 89.1 cm³/mol. The van der Waals surface area contributed by atoms with Gasteiger partial charge in [0, 0.05) is 24.1 Å². The van der Waals surface area contributed by atoms with E-state index in [9.17, 15) is 0 Å². The molecule has 1 aliphatic heterocycles. The highest BCUT2D eigenvalue weighted by molar-refractivity contribution is 6.29. The van der Waals surface area contributed by atoms with Crippen molar-refractivity contribution in [2.24, 2.45) is 0 Å². The molecule has 1 saturated heterocycles. The summed E-state index contributed by atoms with van der Waals surface area (Å²) >= 11 is 6.13. The lowest BCUT2D eigenvalue weighted by Crippen LogP contribution is -2.38. The molecule has 0 radical (unpaired) electrons. The minimum Gasteiger partial charge on any atom is -0.366 e. The number of aromatic nitrogens is 2. The van der Waals surface area contributed by atoms with E-state index in [0.29, 0.717) is 11.2 Å². The van der Waals surface area contributed by atoms with Gasteiger partial charge in [0.2, 0.25) is 0 Å². The fraction of sp³-hybridized carbons (Fsp3) is 0.750. The molecule has 4 nitrogen and oxygen atoms in total. The second kappa shape index (κ2) is 6.93. The van der Waals surface area contributed by atoms with Crippen molar-refractivity contribution in [2.75, 3.05) is 25.0 Å². The molecular formula is C16H27ClN4. The third kappa shape index (κ3) is 5.11. The topological polar surface area (TPSA) is 41.0 Å². The van der Waals surface area contributed by atoms with Gasteiger partial charge < -0.3 is 10.2 Å². The summed E-state index contributed by atoms with van der Waals surface area (Å²) < 4.78 is 0. The minimum atomic E-state index is -0.0998. The van der Waals surface area contributed by atoms with E-state index >= 15 is 0 Å². The van der Waals surface area contributed by atoms with E-state index in [4.69, 9.17) is 11.6 Å². The van der Waals surface area contributed by atoms with E-state index in [-0.39, 0.29) is 5.41 Å². The molecule has 2 rings (SSSR count). The van der Waals surface area contributed by atoms with Gasteiger partial charge in [-0.2, -0.15) is 0 Å². The van der Waals surface area contributed by atoms with Crippen LogP contribution < -0.4 is 5.32 Å². The van der Waals surface area contributed by atoms with Gasteiger partial charge in [-0.15, -0.1) is 0 Å². The zero-order valence-corrected chi connectivity index (χ0v) is 14.4. The summed E-state index contributed by atoms with van der Waals surface area (Å²) in [5.74, 6) is 1.60. The zero-order chi connectivity index (χ0) is 15.5. The van der Waals surface area contributed by atoms with E-state index in [0.717, 1.165) is 18.2 Å². The molecule has 1 atom stereocenters. The average Bonchev–Trinajstić information content (AvgIpc) is 2.37. The molecule has 0 saturated carbocycles. The Bertz CT molecular complexity index is 464. The highest BCUT2D eigenvalue weighted by Gasteiger charge is 2.20. The molecule has 0 aromatic carbocycles. The lowest BCUT2D eigenvalue weighted by atomic mass is 9.96. The summed E-state index contributed by atoms with van der Waals surface area (Å²) in [4.78, 5) is 11.5. The quantitative estimate of drug-likeness (QED) is 0.861. The van der Waals surface area contributed by atoms with Crippen molar-refractivity contribution in [1.29, 1.82) is 0 Å². The first-order valence-corrected chi connectivity index (χ1v) is 8.26. The van der Waals surface area contributed by atoms with Crippen LogP contribution in [0.3, 0.4) is 0 Å². The third-order valence-corrected chi connectivity index (χ3v) is 3.93. The molecule has 1 unspecified atom stereocenters. The van der Waals surface area contributed by atoms with Gasteiger partial charge in [-0.3, -0.25) is 0 Å². The number of rotatable bonds is 4. The van der Waals surface area contributed by atoms with Crippen molar-refractivity contribution < 1.29 is 0 Å². The molecule has 1 aromatic heterocycles. The van der Waals surface area contributed by atoms with Crippen LogP contribution in [0.15, 0.2) is 6.07 Å². The Morgan fingerprint density at radius 2 is 1.90 bits per heavy atom. The van der Waals surface area contributed by atoms with Crippen LogP contribution in [0.1, 0.15) is 52.8 Å². The van der Waals surface area contributed by atoms with Crippen LogP contribution in [0.5, 0.6) is 0 Å². The zero-order valence-electron chi connectivity index (χ0n) is 13.6. The van der Waals surface area contributed by atoms with Crippen molar-refractivity contribution >= 4 is 17.4 Å². The van der Waals surface area contributed by atoms with Crippen molar-refractivity contribution in [3.8, 4) is 0 Å². The van der Waals surface area contributed by atoms with Crippen molar-refractivity contribution in [1.82, 2.24) is 14.9 Å². The maximum atomic E-state index is 6.13. The second-order valence-corrected chi connectivity index (χ2v) is 7.44. The van der Waals surface area contributed by atoms with Crippen molar-refractivity contribution in [3.63, 3.8) is 0 Å². The van der Waals surface area contributed by atoms with Gasteiger partial charge in [0.05, 0.1) is 0 Å². The normalized spacial score (nSPS) is 18.5. The van der Waals surface area contributed by atoms with Gasteiger partial charge in [-0.25, -0.2) is 9.97 Å². The fourth-order valence-corrected chi connectivity index (χ4v) is 2.84. The molecule has 5 heteroatoms. The van der Waals surface area contributed by atoms with E-state index < -0.39 is 0 Å². The van der Waals surface area contributed by atoms with Crippen LogP contribution in [0.25, 0.3) is 0 Å². The van der Waals surface area contributed by atoms with Gasteiger partial charge >= 0.3 is 0 Å². The molecular weight excluding hydrogens is 284 g/mol. The Hall–Kier alpha value is -0.870. The SMILES string of the molecule is CC(CN1CCCCC1)Nc1cc(Cl)nc(C(C)(C)C)n1. The minimum absolute atomic E-state index is 0.0998. The third-order valence-electron chi connectivity index (χ3n) is 3.74. The van der Waals surface area contributed by atoms with Crippen LogP contribution >= 0.6 is 11.6 Å². The number of halogens is 1. The monoisotopic (exact) mass is 310 g/mol. The molecule has 1 fully saturated rings. The Morgan fingerprint density at radius 3 is 2.52 bits per heavy atom. The molecule has 0 aliphatic carbocycles. The number of hydrogen-bond acceptors (Lipinski definition) is 4. The van der Waals surface area contributed by atoms with Crippen LogP contribution in [0, 0.1) is 0 Å². The van der Waals surface area contributed by atoms with E-state index in [1.807, 2.05) is 6.07 Å². The van der Waals surface area contributed by atoms with Gasteiger partial charge in [0.1, 0.15) is 16.8 Å². The average molecular weight is 311 g/mol. The molecule has 1 aliphatic rings. The summed E-state index contributed by atoms with van der Waals surface area (Å²) in [6.07, 6.45) is 4.01. The first-order chi connectivity index (χ1) is 9.84. The number of nitrogens with one attached hydrogen (secondary N) is 1. The lowest BCUT2D eigenvalue weighted by Gasteiger charge is -2.29. The first-order valence-electron chi connectivity index (χ1n) is 7.88. The molecule has 0 bridgehead atoms. The first kappa shape index (κ1) is 16.5. The molecule has 0 spiro atoms. The summed E-state index contributed by atoms with van der Waals surface area (Å²) in [6, 6.07) is 2.16. The molecule has 1 aromatic rings. The largest absolute Gasteiger partial charge is 0.366 e. The van der Waals surface area contributed by atoms with Crippen LogP contribution in [0.2, 0.25) is 5.15 Å². The van der Waals surface area contributed by atoms with Crippen LogP contribution in [-0.4, -0.2) is 40.5 Å². The van der Waals surface area contributed by atoms with Crippen LogP contribution in [0.4, 0.5) is 5.82 Å². The van der Waals surface area contributed by atoms with Gasteiger partial charge in [0.25, 0.3) is 0 Å². The standard InChI is InChI=1S/C16H27ClN4/c1-12(11-21-8-6-5-7-9-21)18-14-10-13(17)19-15(20-14)16(2,3)4/h10,12H,5-9,11H2,1-4H3,(H,18,19,20). The molecule has 118 valence electrons. The maximum absolute atomic E-state index is 6.13. The van der Waals surface area contributed by atoms with E-state index in [1.165, 1.54) is 32.4 Å². The summed E-state index contributed by atoms with van der Waals surface area (Å²) in [5, 5.41) is 3.97. The van der Waals surface area contributed by atoms with Crippen molar-refractivity contribution in [3.05, 3.63) is 17.0 Å². The maximum Gasteiger partial charge on any atom is 0.137 e. The number of hydrogen-bond donors (Lipinski definition) is 1. The molecule has 2 heterocycles. The summed E-state index contributed by atoms with van der Waals surface area (Å²) in [7, 11) is 0. The fourth-order valence-electron chi connectivity index (χ4n) is 2.65. The Kier molecular flexibility index (Phi) is 5.44. The van der Waals surface area contributed by atoms with Gasteiger partial charge in [-0.1, -0.05) is 38.8 Å². The van der Waals surface area contributed by atoms with Crippen LogP contribution in [-0.2, 0) is 5.41 Å². The van der Waals surface area contributed by atoms with Gasteiger partial charge in [-0.05, 0) is 32.9 Å². The van der Waals surface area contributed by atoms with Crippen molar-refractivity contribution in [2.45, 2.75) is 58.4 Å². The highest BCUT2D eigenvalue weighted by Crippen LogP contribution is 2.22. The Morgan fingerprint density at radius 1 is 1.24 bits per heavy atom. The molecule has 1 N–H and O–H groups in total. The Labute approximate surface area is 133 Å². The predicted octanol–water partition coefficient (Wildman–Crippen LogP) is 3.71. The van der Waals surface area contributed by atoms with Gasteiger partial charge in [0.15, 0.2) is 0 Å². The summed E-state index contributed by atoms with van der Waals surface area (Å²) in [6.45, 7) is 12.0. The molecule has 0 amide bonds. The van der Waals surface area contributed by atoms with E-state index in [2.05, 4.69) is 47.9 Å². The number of anilines is 1. The van der Waals surface area contributed by atoms with E-state index in [1.54, 1.807) is 0 Å². The second-order valence-electron chi connectivity index (χ2n) is 7.06. The molecule has 21 heavy (non-hydrogen) atoms.